The minimum atomic E-state index is -0.422. The molecule has 0 unspecified atom stereocenters. The van der Waals surface area contributed by atoms with Crippen LogP contribution in [0, 0.1) is 0 Å². The molecule has 31 heavy (non-hydrogen) atoms. The van der Waals surface area contributed by atoms with Crippen molar-refractivity contribution in [2.45, 2.75) is 0 Å². The Balaban J connectivity index is 1.32. The van der Waals surface area contributed by atoms with Gasteiger partial charge in [0.05, 0.1) is 5.02 Å². The molecule has 4 aromatic rings. The van der Waals surface area contributed by atoms with Crippen molar-refractivity contribution in [2.75, 3.05) is 11.9 Å². The van der Waals surface area contributed by atoms with Crippen molar-refractivity contribution in [3.63, 3.8) is 0 Å². The summed E-state index contributed by atoms with van der Waals surface area (Å²) in [4.78, 5) is 28.8. The monoisotopic (exact) mass is 432 g/mol. The van der Waals surface area contributed by atoms with Crippen molar-refractivity contribution in [1.82, 2.24) is 15.2 Å². The summed E-state index contributed by atoms with van der Waals surface area (Å²) in [5.74, 6) is 0.525. The topological polar surface area (TPSA) is 97.0 Å². The van der Waals surface area contributed by atoms with Crippen LogP contribution in [0.3, 0.4) is 0 Å². The molecule has 2 N–H and O–H groups in total. The van der Waals surface area contributed by atoms with Crippen LogP contribution in [0.2, 0.25) is 5.02 Å². The summed E-state index contributed by atoms with van der Waals surface area (Å²) in [6.07, 6.45) is 0. The Morgan fingerprint density at radius 3 is 2.32 bits per heavy atom. The normalized spacial score (nSPS) is 10.5. The smallest absolute Gasteiger partial charge is 0.264 e. The number of nitrogens with zero attached hydrogens (tertiary/aromatic N) is 2. The number of carbonyl (C=O) groups is 2. The van der Waals surface area contributed by atoms with Crippen LogP contribution in [-0.2, 0) is 4.79 Å². The fourth-order valence-corrected chi connectivity index (χ4v) is 3.09. The number of H-pyrrole nitrogens is 1. The van der Waals surface area contributed by atoms with Gasteiger partial charge in [-0.3, -0.25) is 20.0 Å². The maximum absolute atomic E-state index is 12.4. The van der Waals surface area contributed by atoms with Gasteiger partial charge in [0, 0.05) is 16.7 Å². The van der Waals surface area contributed by atoms with Crippen molar-refractivity contribution in [3.8, 4) is 17.1 Å². The van der Waals surface area contributed by atoms with E-state index in [1.807, 2.05) is 30.3 Å². The number of amides is 1. The highest BCUT2D eigenvalue weighted by Crippen LogP contribution is 2.24. The molecule has 1 heterocycles. The molecule has 0 aliphatic heterocycles. The number of hydrogen-bond acceptors (Lipinski definition) is 5. The van der Waals surface area contributed by atoms with E-state index in [2.05, 4.69) is 20.5 Å². The summed E-state index contributed by atoms with van der Waals surface area (Å²) in [7, 11) is 0. The van der Waals surface area contributed by atoms with Crippen LogP contribution in [0.4, 0.5) is 5.95 Å². The molecule has 0 bridgehead atoms. The Hall–Kier alpha value is -3.97. The summed E-state index contributed by atoms with van der Waals surface area (Å²) in [5.41, 5.74) is 1.83. The van der Waals surface area contributed by atoms with E-state index in [4.69, 9.17) is 16.3 Å². The zero-order valence-electron chi connectivity index (χ0n) is 16.2. The summed E-state index contributed by atoms with van der Waals surface area (Å²) < 4.78 is 5.48. The third-order valence-electron chi connectivity index (χ3n) is 4.39. The molecule has 0 aliphatic carbocycles. The van der Waals surface area contributed by atoms with Crippen LogP contribution in [0.15, 0.2) is 78.9 Å². The number of aromatic amines is 1. The summed E-state index contributed by atoms with van der Waals surface area (Å²) in [6.45, 7) is -0.234. The van der Waals surface area contributed by atoms with Gasteiger partial charge < -0.3 is 4.74 Å². The maximum Gasteiger partial charge on any atom is 0.264 e. The lowest BCUT2D eigenvalue weighted by Gasteiger charge is -2.07. The number of nitrogens with one attached hydrogen (secondary N) is 2. The second-order valence-corrected chi connectivity index (χ2v) is 6.95. The Bertz CT molecular complexity index is 1210. The van der Waals surface area contributed by atoms with E-state index in [9.17, 15) is 9.59 Å². The first-order valence-electron chi connectivity index (χ1n) is 9.40. The van der Waals surface area contributed by atoms with Crippen LogP contribution in [0.1, 0.15) is 15.9 Å². The van der Waals surface area contributed by atoms with Crippen molar-refractivity contribution >= 4 is 29.2 Å². The number of benzene rings is 3. The van der Waals surface area contributed by atoms with E-state index in [1.165, 1.54) is 0 Å². The predicted molar refractivity (Wildman–Crippen MR) is 117 cm³/mol. The second-order valence-electron chi connectivity index (χ2n) is 6.54. The number of anilines is 1. The molecule has 0 saturated carbocycles. The van der Waals surface area contributed by atoms with Crippen LogP contribution >= 0.6 is 11.6 Å². The third-order valence-corrected chi connectivity index (χ3v) is 4.72. The minimum Gasteiger partial charge on any atom is -0.484 e. The van der Waals surface area contributed by atoms with Gasteiger partial charge in [0.25, 0.3) is 5.91 Å². The van der Waals surface area contributed by atoms with Crippen LogP contribution in [0.5, 0.6) is 5.75 Å². The van der Waals surface area contributed by atoms with Gasteiger partial charge in [-0.2, -0.15) is 4.98 Å². The van der Waals surface area contributed by atoms with Crippen LogP contribution in [-0.4, -0.2) is 33.5 Å². The molecule has 0 fully saturated rings. The Labute approximate surface area is 183 Å². The van der Waals surface area contributed by atoms with Gasteiger partial charge in [-0.1, -0.05) is 54.1 Å². The quantitative estimate of drug-likeness (QED) is 0.422. The molecule has 3 aromatic carbocycles. The Morgan fingerprint density at radius 1 is 0.903 bits per heavy atom. The largest absolute Gasteiger partial charge is 0.484 e. The van der Waals surface area contributed by atoms with E-state index >= 15 is 0 Å². The number of hydrogen-bond donors (Lipinski definition) is 2. The second kappa shape index (κ2) is 9.23. The van der Waals surface area contributed by atoms with E-state index in [0.717, 1.165) is 0 Å². The lowest BCUT2D eigenvalue weighted by molar-refractivity contribution is -0.118. The number of carbonyl (C=O) groups excluding carboxylic acids is 2. The molecule has 0 spiro atoms. The van der Waals surface area contributed by atoms with Crippen LogP contribution in [0.25, 0.3) is 11.4 Å². The molecule has 8 heteroatoms. The zero-order valence-corrected chi connectivity index (χ0v) is 17.0. The minimum absolute atomic E-state index is 0.0798. The molecular weight excluding hydrogens is 416 g/mol. The molecule has 1 aromatic heterocycles. The molecule has 154 valence electrons. The Morgan fingerprint density at radius 2 is 1.58 bits per heavy atom. The molecule has 4 rings (SSSR count). The van der Waals surface area contributed by atoms with Crippen molar-refractivity contribution in [1.29, 1.82) is 0 Å². The molecule has 0 atom stereocenters. The van der Waals surface area contributed by atoms with Crippen molar-refractivity contribution in [2.24, 2.45) is 0 Å². The lowest BCUT2D eigenvalue weighted by atomic mass is 10.0. The van der Waals surface area contributed by atoms with Crippen LogP contribution < -0.4 is 10.1 Å². The van der Waals surface area contributed by atoms with E-state index in [-0.39, 0.29) is 18.3 Å². The summed E-state index contributed by atoms with van der Waals surface area (Å²) in [6, 6.07) is 22.8. The number of ether oxygens (including phenoxy) is 1. The van der Waals surface area contributed by atoms with Gasteiger partial charge in [0.2, 0.25) is 5.95 Å². The number of rotatable bonds is 7. The van der Waals surface area contributed by atoms with E-state index < -0.39 is 5.91 Å². The van der Waals surface area contributed by atoms with Gasteiger partial charge in [-0.25, -0.2) is 0 Å². The first kappa shape index (κ1) is 20.3. The molecule has 1 amide bonds. The summed E-state index contributed by atoms with van der Waals surface area (Å²) >= 11 is 6.14. The lowest BCUT2D eigenvalue weighted by Crippen LogP contribution is -2.20. The molecule has 7 nitrogen and oxygen atoms in total. The maximum atomic E-state index is 12.4. The average molecular weight is 433 g/mol. The Kier molecular flexibility index (Phi) is 6.05. The van der Waals surface area contributed by atoms with Gasteiger partial charge in [-0.05, 0) is 36.4 Å². The summed E-state index contributed by atoms with van der Waals surface area (Å²) in [5, 5.41) is 9.79. The molecule has 0 aliphatic rings. The first-order chi connectivity index (χ1) is 15.1. The van der Waals surface area contributed by atoms with Gasteiger partial charge in [0.1, 0.15) is 5.75 Å². The number of aromatic nitrogens is 3. The van der Waals surface area contributed by atoms with E-state index in [1.54, 1.807) is 48.5 Å². The molecule has 0 saturated heterocycles. The van der Waals surface area contributed by atoms with Gasteiger partial charge >= 0.3 is 0 Å². The molecule has 0 radical (unpaired) electrons. The van der Waals surface area contributed by atoms with Gasteiger partial charge in [0.15, 0.2) is 18.2 Å². The SMILES string of the molecule is O=C(COc1ccc(C(=O)c2ccccc2)cc1)Nc1n[nH]c(-c2ccccc2Cl)n1. The standard InChI is InChI=1S/C23H17ClN4O3/c24-19-9-5-4-8-18(19)22-26-23(28-27-22)25-20(29)14-31-17-12-10-16(11-13-17)21(30)15-6-2-1-3-7-15/h1-13H,14H2,(H2,25,26,27,28,29). The highest BCUT2D eigenvalue weighted by Gasteiger charge is 2.12. The first-order valence-corrected chi connectivity index (χ1v) is 9.78. The van der Waals surface area contributed by atoms with Gasteiger partial charge in [-0.15, -0.1) is 5.10 Å². The fourth-order valence-electron chi connectivity index (χ4n) is 2.86. The third kappa shape index (κ3) is 4.96. The predicted octanol–water partition coefficient (Wildman–Crippen LogP) is 4.37. The highest BCUT2D eigenvalue weighted by atomic mass is 35.5. The van der Waals surface area contributed by atoms with Crippen molar-refractivity contribution in [3.05, 3.63) is 95.0 Å². The fraction of sp³-hybridized carbons (Fsp3) is 0.0435. The molecular formula is C23H17ClN4O3. The highest BCUT2D eigenvalue weighted by molar-refractivity contribution is 6.33. The average Bonchev–Trinajstić information content (AvgIpc) is 3.26. The van der Waals surface area contributed by atoms with E-state index in [0.29, 0.717) is 33.3 Å². The number of halogens is 1. The zero-order chi connectivity index (χ0) is 21.6. The van der Waals surface area contributed by atoms with Crippen molar-refractivity contribution < 1.29 is 14.3 Å². The number of ketones is 1.